The highest BCUT2D eigenvalue weighted by atomic mass is 32.2. The van der Waals surface area contributed by atoms with E-state index in [2.05, 4.69) is 23.8 Å². The van der Waals surface area contributed by atoms with Gasteiger partial charge in [-0.1, -0.05) is 26.0 Å². The third-order valence-electron chi connectivity index (χ3n) is 3.07. The first-order valence-corrected chi connectivity index (χ1v) is 8.33. The second kappa shape index (κ2) is 6.88. The van der Waals surface area contributed by atoms with Crippen molar-refractivity contribution in [3.05, 3.63) is 29.3 Å². The van der Waals surface area contributed by atoms with Gasteiger partial charge in [0.2, 0.25) is 0 Å². The highest BCUT2D eigenvalue weighted by Gasteiger charge is 2.16. The predicted octanol–water partition coefficient (Wildman–Crippen LogP) is 3.39. The van der Waals surface area contributed by atoms with Gasteiger partial charge in [-0.2, -0.15) is 13.5 Å². The summed E-state index contributed by atoms with van der Waals surface area (Å²) in [5.74, 6) is 0.579. The first-order valence-electron chi connectivity index (χ1n) is 6.84. The molecule has 4 nitrogen and oxygen atoms in total. The van der Waals surface area contributed by atoms with Crippen molar-refractivity contribution in [2.75, 3.05) is 0 Å². The van der Waals surface area contributed by atoms with Gasteiger partial charge in [0.05, 0.1) is 4.90 Å². The molecule has 0 atom stereocenters. The Kier molecular flexibility index (Phi) is 5.74. The summed E-state index contributed by atoms with van der Waals surface area (Å²) in [6.45, 7) is 9.76. The fraction of sp³-hybridized carbons (Fsp3) is 0.533. The van der Waals surface area contributed by atoms with Gasteiger partial charge in [0.15, 0.2) is 0 Å². The molecule has 0 aliphatic heterocycles. The minimum absolute atomic E-state index is 0.290. The van der Waals surface area contributed by atoms with E-state index in [0.29, 0.717) is 5.92 Å². The average molecular weight is 296 g/mol. The fourth-order valence-corrected chi connectivity index (χ4v) is 2.94. The van der Waals surface area contributed by atoms with E-state index in [0.717, 1.165) is 29.7 Å². The molecular formula is C15H24N2O2S. The Morgan fingerprint density at radius 2 is 1.95 bits per heavy atom. The first-order chi connectivity index (χ1) is 9.22. The maximum absolute atomic E-state index is 12.2. The van der Waals surface area contributed by atoms with Crippen LogP contribution in [0.25, 0.3) is 0 Å². The number of rotatable bonds is 6. The summed E-state index contributed by atoms with van der Waals surface area (Å²) in [4.78, 5) is 2.62. The summed E-state index contributed by atoms with van der Waals surface area (Å²) in [6.07, 6.45) is 1.80. The van der Waals surface area contributed by atoms with Gasteiger partial charge in [-0.15, -0.1) is 0 Å². The number of hydrazone groups is 1. The second-order valence-corrected chi connectivity index (χ2v) is 7.27. The van der Waals surface area contributed by atoms with Gasteiger partial charge in [0, 0.05) is 5.71 Å². The van der Waals surface area contributed by atoms with Crippen molar-refractivity contribution in [3.63, 3.8) is 0 Å². The molecule has 0 fully saturated rings. The molecule has 0 aliphatic carbocycles. The number of benzene rings is 1. The SMILES string of the molecule is C/C(CCC(C)C)=N/NS(=O)(=O)c1cc(C)ccc1C. The van der Waals surface area contributed by atoms with Crippen LogP contribution in [0, 0.1) is 19.8 Å². The van der Waals surface area contributed by atoms with E-state index in [1.165, 1.54) is 0 Å². The van der Waals surface area contributed by atoms with Crippen LogP contribution < -0.4 is 4.83 Å². The molecule has 1 aromatic rings. The number of hydrogen-bond acceptors (Lipinski definition) is 3. The number of aryl methyl sites for hydroxylation is 2. The molecule has 0 saturated heterocycles. The summed E-state index contributed by atoms with van der Waals surface area (Å²) in [5, 5.41) is 3.99. The van der Waals surface area contributed by atoms with Crippen molar-refractivity contribution in [2.24, 2.45) is 11.0 Å². The zero-order chi connectivity index (χ0) is 15.3. The Labute approximate surface area is 122 Å². The molecule has 0 amide bonds. The number of nitrogens with zero attached hydrogens (tertiary/aromatic N) is 1. The van der Waals surface area contributed by atoms with Crippen LogP contribution >= 0.6 is 0 Å². The van der Waals surface area contributed by atoms with Gasteiger partial charge in [-0.05, 0) is 56.7 Å². The van der Waals surface area contributed by atoms with Gasteiger partial charge in [-0.25, -0.2) is 4.83 Å². The Hall–Kier alpha value is -1.36. The van der Waals surface area contributed by atoms with E-state index in [-0.39, 0.29) is 4.90 Å². The van der Waals surface area contributed by atoms with Crippen LogP contribution in [0.5, 0.6) is 0 Å². The molecule has 1 N–H and O–H groups in total. The van der Waals surface area contributed by atoms with Gasteiger partial charge in [-0.3, -0.25) is 0 Å². The normalized spacial score (nSPS) is 12.8. The zero-order valence-corrected chi connectivity index (χ0v) is 13.7. The van der Waals surface area contributed by atoms with Gasteiger partial charge < -0.3 is 0 Å². The third kappa shape index (κ3) is 4.96. The van der Waals surface area contributed by atoms with Crippen LogP contribution in [0.1, 0.15) is 44.7 Å². The Bertz CT molecular complexity index is 590. The van der Waals surface area contributed by atoms with Crippen LogP contribution in [0.15, 0.2) is 28.2 Å². The highest BCUT2D eigenvalue weighted by molar-refractivity contribution is 7.89. The van der Waals surface area contributed by atoms with Crippen LogP contribution in [0.2, 0.25) is 0 Å². The quantitative estimate of drug-likeness (QED) is 0.646. The van der Waals surface area contributed by atoms with Crippen molar-refractivity contribution in [1.29, 1.82) is 0 Å². The molecule has 0 radical (unpaired) electrons. The van der Waals surface area contributed by atoms with E-state index < -0.39 is 10.0 Å². The number of hydrogen-bond donors (Lipinski definition) is 1. The van der Waals surface area contributed by atoms with Crippen molar-refractivity contribution in [3.8, 4) is 0 Å². The lowest BCUT2D eigenvalue weighted by molar-refractivity contribution is 0.582. The lowest BCUT2D eigenvalue weighted by atomic mass is 10.1. The van der Waals surface area contributed by atoms with Crippen LogP contribution in [-0.4, -0.2) is 14.1 Å². The van der Waals surface area contributed by atoms with E-state index in [4.69, 9.17) is 0 Å². The lowest BCUT2D eigenvalue weighted by Crippen LogP contribution is -2.20. The van der Waals surface area contributed by atoms with E-state index in [1.54, 1.807) is 19.1 Å². The maximum atomic E-state index is 12.2. The minimum Gasteiger partial charge on any atom is -0.200 e. The molecule has 0 aromatic heterocycles. The maximum Gasteiger partial charge on any atom is 0.276 e. The monoisotopic (exact) mass is 296 g/mol. The summed E-state index contributed by atoms with van der Waals surface area (Å²) < 4.78 is 24.5. The standard InChI is InChI=1S/C15H24N2O2S/c1-11(2)6-9-14(5)16-17-20(18,19)15-10-12(3)7-8-13(15)4/h7-8,10-11,17H,6,9H2,1-5H3/b16-14-. The van der Waals surface area contributed by atoms with E-state index >= 15 is 0 Å². The molecule has 20 heavy (non-hydrogen) atoms. The van der Waals surface area contributed by atoms with Gasteiger partial charge in [0.25, 0.3) is 10.0 Å². The summed E-state index contributed by atoms with van der Waals surface area (Å²) in [6, 6.07) is 5.36. The van der Waals surface area contributed by atoms with Crippen molar-refractivity contribution < 1.29 is 8.42 Å². The predicted molar refractivity (Wildman–Crippen MR) is 83.4 cm³/mol. The van der Waals surface area contributed by atoms with Crippen molar-refractivity contribution >= 4 is 15.7 Å². The van der Waals surface area contributed by atoms with E-state index in [9.17, 15) is 8.42 Å². The number of sulfonamides is 1. The van der Waals surface area contributed by atoms with Crippen molar-refractivity contribution in [1.82, 2.24) is 4.83 Å². The third-order valence-corrected chi connectivity index (χ3v) is 4.42. The Morgan fingerprint density at radius 3 is 2.55 bits per heavy atom. The average Bonchev–Trinajstić information content (AvgIpc) is 2.36. The molecule has 5 heteroatoms. The van der Waals surface area contributed by atoms with Gasteiger partial charge in [0.1, 0.15) is 0 Å². The first kappa shape index (κ1) is 16.7. The summed E-state index contributed by atoms with van der Waals surface area (Å²) >= 11 is 0. The molecule has 0 aliphatic rings. The molecule has 0 bridgehead atoms. The summed E-state index contributed by atoms with van der Waals surface area (Å²) in [7, 11) is -3.58. The van der Waals surface area contributed by atoms with Crippen molar-refractivity contribution in [2.45, 2.75) is 52.4 Å². The van der Waals surface area contributed by atoms with Gasteiger partial charge >= 0.3 is 0 Å². The summed E-state index contributed by atoms with van der Waals surface area (Å²) in [5.41, 5.74) is 2.43. The molecule has 0 spiro atoms. The minimum atomic E-state index is -3.58. The second-order valence-electron chi connectivity index (χ2n) is 5.64. The van der Waals surface area contributed by atoms with Crippen LogP contribution in [-0.2, 0) is 10.0 Å². The number of nitrogens with one attached hydrogen (secondary N) is 1. The smallest absolute Gasteiger partial charge is 0.200 e. The molecule has 1 rings (SSSR count). The Morgan fingerprint density at radius 1 is 1.30 bits per heavy atom. The van der Waals surface area contributed by atoms with E-state index in [1.807, 2.05) is 19.9 Å². The molecule has 0 heterocycles. The van der Waals surface area contributed by atoms with Crippen LogP contribution in [0.4, 0.5) is 0 Å². The Balaban J connectivity index is 2.85. The molecule has 0 unspecified atom stereocenters. The fourth-order valence-electron chi connectivity index (χ4n) is 1.74. The molecular weight excluding hydrogens is 272 g/mol. The molecule has 112 valence electrons. The zero-order valence-electron chi connectivity index (χ0n) is 12.9. The molecule has 0 saturated carbocycles. The van der Waals surface area contributed by atoms with Crippen LogP contribution in [0.3, 0.4) is 0 Å². The lowest BCUT2D eigenvalue weighted by Gasteiger charge is -2.09. The highest BCUT2D eigenvalue weighted by Crippen LogP contribution is 2.16. The topological polar surface area (TPSA) is 58.5 Å². The largest absolute Gasteiger partial charge is 0.276 e. The molecule has 1 aromatic carbocycles.